The summed E-state index contributed by atoms with van der Waals surface area (Å²) >= 11 is 0. The molecule has 1 aromatic rings. The van der Waals surface area contributed by atoms with Crippen LogP contribution in [0.4, 0.5) is 13.2 Å². The van der Waals surface area contributed by atoms with Crippen molar-refractivity contribution in [2.24, 2.45) is 5.73 Å². The fourth-order valence-corrected chi connectivity index (χ4v) is 1.89. The second kappa shape index (κ2) is 6.85. The quantitative estimate of drug-likeness (QED) is 0.647. The van der Waals surface area contributed by atoms with Gasteiger partial charge in [-0.25, -0.2) is 0 Å². The predicted octanol–water partition coefficient (Wildman–Crippen LogP) is 2.95. The van der Waals surface area contributed by atoms with E-state index in [0.717, 1.165) is 12.1 Å². The first-order valence-electron chi connectivity index (χ1n) is 6.24. The van der Waals surface area contributed by atoms with Crippen LogP contribution in [0.5, 0.6) is 0 Å². The molecule has 0 aliphatic carbocycles. The van der Waals surface area contributed by atoms with Crippen LogP contribution in [-0.2, 0) is 10.9 Å². The lowest BCUT2D eigenvalue weighted by Gasteiger charge is -2.14. The Bertz CT molecular complexity index is 472. The Morgan fingerprint density at radius 2 is 2.05 bits per heavy atom. The Hall–Kier alpha value is -1.40. The molecule has 0 amide bonds. The number of ether oxygens (including phenoxy) is 1. The molecule has 3 nitrogen and oxygen atoms in total. The van der Waals surface area contributed by atoms with Crippen LogP contribution in [0.15, 0.2) is 18.2 Å². The average molecular weight is 289 g/mol. The number of rotatable bonds is 6. The first-order chi connectivity index (χ1) is 9.27. The maximum atomic E-state index is 12.5. The zero-order valence-electron chi connectivity index (χ0n) is 11.5. The van der Waals surface area contributed by atoms with Crippen molar-refractivity contribution in [3.63, 3.8) is 0 Å². The number of nitrogens with two attached hydrogens (primary N) is 1. The number of carbonyl (C=O) groups excluding carboxylic acids is 1. The van der Waals surface area contributed by atoms with Crippen molar-refractivity contribution in [1.82, 2.24) is 0 Å². The highest BCUT2D eigenvalue weighted by molar-refractivity contribution is 6.01. The number of Topliss-reactive ketones (excluding diaryl/α,β-unsaturated/α-hetero) is 1. The van der Waals surface area contributed by atoms with Gasteiger partial charge < -0.3 is 10.5 Å². The molecule has 0 saturated heterocycles. The Morgan fingerprint density at radius 1 is 1.40 bits per heavy atom. The van der Waals surface area contributed by atoms with Gasteiger partial charge in [0.05, 0.1) is 11.6 Å². The first kappa shape index (κ1) is 16.7. The van der Waals surface area contributed by atoms with Crippen molar-refractivity contribution >= 4 is 5.78 Å². The lowest BCUT2D eigenvalue weighted by molar-refractivity contribution is -0.137. The number of hydrogen-bond acceptors (Lipinski definition) is 3. The second-order valence-corrected chi connectivity index (χ2v) is 4.63. The normalized spacial score (nSPS) is 13.3. The van der Waals surface area contributed by atoms with Gasteiger partial charge in [-0.05, 0) is 37.5 Å². The number of ketones is 1. The van der Waals surface area contributed by atoms with Crippen molar-refractivity contribution < 1.29 is 22.7 Å². The molecule has 1 aromatic carbocycles. The van der Waals surface area contributed by atoms with Crippen molar-refractivity contribution in [2.45, 2.75) is 32.0 Å². The maximum Gasteiger partial charge on any atom is 0.416 e. The van der Waals surface area contributed by atoms with E-state index in [0.29, 0.717) is 19.4 Å². The molecule has 0 heterocycles. The Labute approximate surface area is 115 Å². The van der Waals surface area contributed by atoms with Crippen LogP contribution in [0.2, 0.25) is 0 Å². The van der Waals surface area contributed by atoms with Gasteiger partial charge in [0.1, 0.15) is 0 Å². The van der Waals surface area contributed by atoms with E-state index in [9.17, 15) is 18.0 Å². The van der Waals surface area contributed by atoms with Crippen molar-refractivity contribution in [2.75, 3.05) is 13.7 Å². The van der Waals surface area contributed by atoms with Crippen LogP contribution in [-0.4, -0.2) is 25.5 Å². The lowest BCUT2D eigenvalue weighted by atomic mass is 9.96. The number of hydrogen-bond donors (Lipinski definition) is 1. The molecule has 0 spiro atoms. The van der Waals surface area contributed by atoms with Gasteiger partial charge in [-0.1, -0.05) is 6.07 Å². The minimum absolute atomic E-state index is 0.239. The van der Waals surface area contributed by atoms with E-state index in [1.807, 2.05) is 0 Å². The lowest BCUT2D eigenvalue weighted by Crippen LogP contribution is -2.31. The third-order valence-electron chi connectivity index (χ3n) is 3.02. The third kappa shape index (κ3) is 4.31. The van der Waals surface area contributed by atoms with Gasteiger partial charge >= 0.3 is 6.18 Å². The molecule has 0 fully saturated rings. The van der Waals surface area contributed by atoms with Crippen LogP contribution < -0.4 is 5.73 Å². The standard InChI is InChI=1S/C14H18F3NO2/c1-9-8-10(14(15,16)17)5-6-11(9)13(19)12(18)4-3-7-20-2/h5-6,8,12H,3-4,7,18H2,1-2H3. The molecule has 0 bridgehead atoms. The van der Waals surface area contributed by atoms with Crippen molar-refractivity contribution in [3.8, 4) is 0 Å². The number of methoxy groups -OCH3 is 1. The van der Waals surface area contributed by atoms with Crippen molar-refractivity contribution in [3.05, 3.63) is 34.9 Å². The molecule has 6 heteroatoms. The molecule has 0 aromatic heterocycles. The summed E-state index contributed by atoms with van der Waals surface area (Å²) in [5.41, 5.74) is 5.51. The number of benzene rings is 1. The zero-order valence-corrected chi connectivity index (χ0v) is 11.5. The van der Waals surface area contributed by atoms with E-state index in [1.54, 1.807) is 7.11 Å². The highest BCUT2D eigenvalue weighted by Gasteiger charge is 2.31. The van der Waals surface area contributed by atoms with Gasteiger partial charge in [0, 0.05) is 19.3 Å². The van der Waals surface area contributed by atoms with Gasteiger partial charge in [-0.2, -0.15) is 13.2 Å². The van der Waals surface area contributed by atoms with Crippen LogP contribution >= 0.6 is 0 Å². The topological polar surface area (TPSA) is 52.3 Å². The fraction of sp³-hybridized carbons (Fsp3) is 0.500. The molecule has 1 unspecified atom stereocenters. The summed E-state index contributed by atoms with van der Waals surface area (Å²) < 4.78 is 42.5. The second-order valence-electron chi connectivity index (χ2n) is 4.63. The maximum absolute atomic E-state index is 12.5. The molecule has 0 aliphatic heterocycles. The Morgan fingerprint density at radius 3 is 2.55 bits per heavy atom. The minimum atomic E-state index is -4.41. The average Bonchev–Trinajstić information content (AvgIpc) is 2.37. The van der Waals surface area contributed by atoms with Gasteiger partial charge in [0.2, 0.25) is 0 Å². The van der Waals surface area contributed by atoms with Gasteiger partial charge in [-0.3, -0.25) is 4.79 Å². The van der Waals surface area contributed by atoms with E-state index in [1.165, 1.54) is 13.0 Å². The van der Waals surface area contributed by atoms with E-state index >= 15 is 0 Å². The molecule has 1 atom stereocenters. The van der Waals surface area contributed by atoms with Gasteiger partial charge in [0.15, 0.2) is 5.78 Å². The van der Waals surface area contributed by atoms with Crippen LogP contribution in [0.3, 0.4) is 0 Å². The Balaban J connectivity index is 2.84. The summed E-state index contributed by atoms with van der Waals surface area (Å²) in [7, 11) is 1.55. The van der Waals surface area contributed by atoms with Crippen LogP contribution in [0.1, 0.15) is 34.3 Å². The van der Waals surface area contributed by atoms with Crippen LogP contribution in [0, 0.1) is 6.92 Å². The molecular formula is C14H18F3NO2. The molecule has 0 radical (unpaired) electrons. The molecule has 20 heavy (non-hydrogen) atoms. The minimum Gasteiger partial charge on any atom is -0.385 e. The monoisotopic (exact) mass is 289 g/mol. The molecule has 0 aliphatic rings. The molecule has 2 N–H and O–H groups in total. The third-order valence-corrected chi connectivity index (χ3v) is 3.02. The summed E-state index contributed by atoms with van der Waals surface area (Å²) in [6.07, 6.45) is -3.34. The summed E-state index contributed by atoms with van der Waals surface area (Å²) in [5.74, 6) is -0.340. The smallest absolute Gasteiger partial charge is 0.385 e. The fourth-order valence-electron chi connectivity index (χ4n) is 1.89. The summed E-state index contributed by atoms with van der Waals surface area (Å²) in [6.45, 7) is 1.97. The zero-order chi connectivity index (χ0) is 15.3. The highest BCUT2D eigenvalue weighted by atomic mass is 19.4. The number of alkyl halides is 3. The van der Waals surface area contributed by atoms with E-state index in [-0.39, 0.29) is 16.9 Å². The van der Waals surface area contributed by atoms with Crippen LogP contribution in [0.25, 0.3) is 0 Å². The summed E-state index contributed by atoms with van der Waals surface area (Å²) in [6, 6.07) is 2.34. The molecular weight excluding hydrogens is 271 g/mol. The molecule has 0 saturated carbocycles. The predicted molar refractivity (Wildman–Crippen MR) is 69.6 cm³/mol. The largest absolute Gasteiger partial charge is 0.416 e. The number of aryl methyl sites for hydroxylation is 1. The molecule has 1 rings (SSSR count). The number of carbonyl (C=O) groups is 1. The Kier molecular flexibility index (Phi) is 5.71. The van der Waals surface area contributed by atoms with E-state index in [2.05, 4.69) is 0 Å². The van der Waals surface area contributed by atoms with E-state index in [4.69, 9.17) is 10.5 Å². The highest BCUT2D eigenvalue weighted by Crippen LogP contribution is 2.30. The molecule has 112 valence electrons. The summed E-state index contributed by atoms with van der Waals surface area (Å²) in [5, 5.41) is 0. The SMILES string of the molecule is COCCCC(N)C(=O)c1ccc(C(F)(F)F)cc1C. The van der Waals surface area contributed by atoms with Gasteiger partial charge in [-0.15, -0.1) is 0 Å². The van der Waals surface area contributed by atoms with Gasteiger partial charge in [0.25, 0.3) is 0 Å². The number of halogens is 3. The summed E-state index contributed by atoms with van der Waals surface area (Å²) in [4.78, 5) is 12.1. The van der Waals surface area contributed by atoms with Crippen molar-refractivity contribution in [1.29, 1.82) is 0 Å². The first-order valence-corrected chi connectivity index (χ1v) is 6.24. The van der Waals surface area contributed by atoms with E-state index < -0.39 is 17.8 Å².